The van der Waals surface area contributed by atoms with Crippen molar-refractivity contribution in [3.63, 3.8) is 0 Å². The van der Waals surface area contributed by atoms with Crippen molar-refractivity contribution in [3.05, 3.63) is 35.5 Å². The van der Waals surface area contributed by atoms with E-state index in [-0.39, 0.29) is 6.54 Å². The zero-order valence-corrected chi connectivity index (χ0v) is 9.13. The van der Waals surface area contributed by atoms with Gasteiger partial charge in [0.25, 0.3) is 0 Å². The van der Waals surface area contributed by atoms with Gasteiger partial charge >= 0.3 is 0 Å². The van der Waals surface area contributed by atoms with Crippen molar-refractivity contribution in [1.82, 2.24) is 10.2 Å². The summed E-state index contributed by atoms with van der Waals surface area (Å²) >= 11 is 0. The Hall–Kier alpha value is -1.95. The molecule has 0 bridgehead atoms. The van der Waals surface area contributed by atoms with Gasteiger partial charge in [-0.1, -0.05) is 0 Å². The highest BCUT2D eigenvalue weighted by Crippen LogP contribution is 2.27. The van der Waals surface area contributed by atoms with Gasteiger partial charge in [-0.3, -0.25) is 5.10 Å². The molecule has 0 aliphatic heterocycles. The Labute approximate surface area is 96.4 Å². The van der Waals surface area contributed by atoms with Gasteiger partial charge in [0.2, 0.25) is 0 Å². The van der Waals surface area contributed by atoms with Crippen LogP contribution in [0.5, 0.6) is 5.75 Å². The zero-order valence-electron chi connectivity index (χ0n) is 9.13. The topological polar surface area (TPSA) is 63.9 Å². The smallest absolute Gasteiger partial charge is 0.190 e. The molecule has 1 heterocycles. The van der Waals surface area contributed by atoms with Gasteiger partial charge in [-0.25, -0.2) is 8.78 Å². The highest BCUT2D eigenvalue weighted by atomic mass is 19.1. The average molecular weight is 239 g/mol. The first-order chi connectivity index (χ1) is 8.15. The number of halogens is 2. The van der Waals surface area contributed by atoms with Crippen molar-refractivity contribution in [2.24, 2.45) is 5.73 Å². The summed E-state index contributed by atoms with van der Waals surface area (Å²) in [5, 5.41) is 6.59. The van der Waals surface area contributed by atoms with E-state index in [2.05, 4.69) is 14.9 Å². The average Bonchev–Trinajstić information content (AvgIpc) is 2.77. The van der Waals surface area contributed by atoms with Crippen molar-refractivity contribution in [2.75, 3.05) is 7.11 Å². The number of aromatic nitrogens is 2. The van der Waals surface area contributed by atoms with Gasteiger partial charge in [-0.2, -0.15) is 5.10 Å². The fourth-order valence-electron chi connectivity index (χ4n) is 1.52. The Balaban J connectivity index is 2.46. The quantitative estimate of drug-likeness (QED) is 0.858. The number of hydrogen-bond donors (Lipinski definition) is 2. The Morgan fingerprint density at radius 1 is 1.29 bits per heavy atom. The minimum absolute atomic E-state index is 0.286. The second-order valence-electron chi connectivity index (χ2n) is 3.46. The van der Waals surface area contributed by atoms with E-state index in [0.29, 0.717) is 17.0 Å². The van der Waals surface area contributed by atoms with E-state index in [9.17, 15) is 8.78 Å². The van der Waals surface area contributed by atoms with Gasteiger partial charge in [0.1, 0.15) is 0 Å². The molecule has 2 aromatic rings. The molecule has 0 radical (unpaired) electrons. The minimum Gasteiger partial charge on any atom is -0.491 e. The number of nitrogens with one attached hydrogen (secondary N) is 1. The molecule has 0 spiro atoms. The first-order valence-electron chi connectivity index (χ1n) is 4.93. The number of nitrogens with two attached hydrogens (primary N) is 1. The maximum Gasteiger partial charge on any atom is 0.190 e. The van der Waals surface area contributed by atoms with Gasteiger partial charge in [0.15, 0.2) is 17.4 Å². The standard InChI is InChI=1S/C11H11F2N3O/c1-17-11-8(12)2-6(3-9(11)13)10-4-7(5-14)15-16-10/h2-4H,5,14H2,1H3,(H,15,16). The van der Waals surface area contributed by atoms with Crippen LogP contribution in [0.2, 0.25) is 0 Å². The van der Waals surface area contributed by atoms with Gasteiger partial charge in [0, 0.05) is 17.8 Å². The molecule has 1 aromatic carbocycles. The molecule has 0 saturated carbocycles. The lowest BCUT2D eigenvalue weighted by Crippen LogP contribution is -1.95. The third kappa shape index (κ3) is 2.12. The normalized spacial score (nSPS) is 10.6. The van der Waals surface area contributed by atoms with Gasteiger partial charge in [0.05, 0.1) is 12.8 Å². The van der Waals surface area contributed by atoms with Gasteiger partial charge in [-0.05, 0) is 18.2 Å². The van der Waals surface area contributed by atoms with Crippen LogP contribution in [0.3, 0.4) is 0 Å². The molecule has 0 aliphatic carbocycles. The number of aromatic amines is 1. The van der Waals surface area contributed by atoms with Crippen LogP contribution in [0.25, 0.3) is 11.3 Å². The van der Waals surface area contributed by atoms with E-state index in [1.807, 2.05) is 0 Å². The molecule has 90 valence electrons. The van der Waals surface area contributed by atoms with E-state index in [1.165, 1.54) is 19.2 Å². The molecule has 0 aliphatic rings. The number of ether oxygens (including phenoxy) is 1. The lowest BCUT2D eigenvalue weighted by atomic mass is 10.1. The number of nitrogens with zero attached hydrogens (tertiary/aromatic N) is 1. The Morgan fingerprint density at radius 2 is 1.94 bits per heavy atom. The first kappa shape index (κ1) is 11.5. The van der Waals surface area contributed by atoms with E-state index in [1.54, 1.807) is 6.07 Å². The number of H-pyrrole nitrogens is 1. The number of methoxy groups -OCH3 is 1. The largest absolute Gasteiger partial charge is 0.491 e. The summed E-state index contributed by atoms with van der Waals surface area (Å²) in [6, 6.07) is 3.97. The Bertz CT molecular complexity index is 516. The fourth-order valence-corrected chi connectivity index (χ4v) is 1.52. The summed E-state index contributed by atoms with van der Waals surface area (Å²) in [5.41, 5.74) is 6.86. The van der Waals surface area contributed by atoms with Crippen LogP contribution in [-0.2, 0) is 6.54 Å². The van der Waals surface area contributed by atoms with Crippen LogP contribution in [0, 0.1) is 11.6 Å². The molecule has 17 heavy (non-hydrogen) atoms. The SMILES string of the molecule is COc1c(F)cc(-c2cc(CN)[nH]n2)cc1F. The number of rotatable bonds is 3. The van der Waals surface area contributed by atoms with E-state index in [0.717, 1.165) is 0 Å². The highest BCUT2D eigenvalue weighted by molar-refractivity contribution is 5.61. The van der Waals surface area contributed by atoms with Crippen molar-refractivity contribution < 1.29 is 13.5 Å². The van der Waals surface area contributed by atoms with Crippen LogP contribution in [-0.4, -0.2) is 17.3 Å². The molecular formula is C11H11F2N3O. The van der Waals surface area contributed by atoms with Crippen molar-refractivity contribution >= 4 is 0 Å². The molecule has 2 rings (SSSR count). The number of hydrogen-bond acceptors (Lipinski definition) is 3. The fraction of sp³-hybridized carbons (Fsp3) is 0.182. The third-order valence-corrected chi connectivity index (χ3v) is 2.35. The van der Waals surface area contributed by atoms with Crippen LogP contribution in [0.4, 0.5) is 8.78 Å². The maximum atomic E-state index is 13.5. The monoisotopic (exact) mass is 239 g/mol. The van der Waals surface area contributed by atoms with Crippen LogP contribution in [0.1, 0.15) is 5.69 Å². The lowest BCUT2D eigenvalue weighted by molar-refractivity contribution is 0.360. The molecular weight excluding hydrogens is 228 g/mol. The lowest BCUT2D eigenvalue weighted by Gasteiger charge is -2.04. The summed E-state index contributed by atoms with van der Waals surface area (Å²) in [6.45, 7) is 0.286. The maximum absolute atomic E-state index is 13.5. The highest BCUT2D eigenvalue weighted by Gasteiger charge is 2.13. The summed E-state index contributed by atoms with van der Waals surface area (Å²) in [7, 11) is 1.21. The molecule has 4 nitrogen and oxygen atoms in total. The summed E-state index contributed by atoms with van der Waals surface area (Å²) in [5.74, 6) is -1.93. The molecule has 0 saturated heterocycles. The number of benzene rings is 1. The minimum atomic E-state index is -0.764. The second kappa shape index (κ2) is 4.50. The molecule has 0 amide bonds. The van der Waals surface area contributed by atoms with Gasteiger partial charge in [-0.15, -0.1) is 0 Å². The zero-order chi connectivity index (χ0) is 12.4. The summed E-state index contributed by atoms with van der Waals surface area (Å²) in [4.78, 5) is 0. The molecule has 0 fully saturated rings. The van der Waals surface area contributed by atoms with E-state index < -0.39 is 17.4 Å². The van der Waals surface area contributed by atoms with Crippen LogP contribution < -0.4 is 10.5 Å². The third-order valence-electron chi connectivity index (χ3n) is 2.35. The molecule has 0 unspecified atom stereocenters. The van der Waals surface area contributed by atoms with Crippen LogP contribution >= 0.6 is 0 Å². The Kier molecular flexibility index (Phi) is 3.06. The Morgan fingerprint density at radius 3 is 2.41 bits per heavy atom. The molecule has 3 N–H and O–H groups in total. The van der Waals surface area contributed by atoms with E-state index >= 15 is 0 Å². The molecule has 6 heteroatoms. The van der Waals surface area contributed by atoms with Crippen molar-refractivity contribution in [1.29, 1.82) is 0 Å². The van der Waals surface area contributed by atoms with Crippen molar-refractivity contribution in [2.45, 2.75) is 6.54 Å². The van der Waals surface area contributed by atoms with Gasteiger partial charge < -0.3 is 10.5 Å². The summed E-state index contributed by atoms with van der Waals surface area (Å²) in [6.07, 6.45) is 0. The predicted octanol–water partition coefficient (Wildman–Crippen LogP) is 1.82. The molecule has 1 aromatic heterocycles. The second-order valence-corrected chi connectivity index (χ2v) is 3.46. The van der Waals surface area contributed by atoms with E-state index in [4.69, 9.17) is 5.73 Å². The van der Waals surface area contributed by atoms with Crippen molar-refractivity contribution in [3.8, 4) is 17.0 Å². The summed E-state index contributed by atoms with van der Waals surface area (Å²) < 4.78 is 31.5. The molecule has 0 atom stereocenters. The van der Waals surface area contributed by atoms with Crippen LogP contribution in [0.15, 0.2) is 18.2 Å². The first-order valence-corrected chi connectivity index (χ1v) is 4.93. The predicted molar refractivity (Wildman–Crippen MR) is 58.4 cm³/mol.